The van der Waals surface area contributed by atoms with E-state index in [-0.39, 0.29) is 5.97 Å². The molecule has 0 aliphatic rings. The Labute approximate surface area is 92.1 Å². The van der Waals surface area contributed by atoms with Gasteiger partial charge in [0.2, 0.25) is 0 Å². The summed E-state index contributed by atoms with van der Waals surface area (Å²) >= 11 is 0. The molecular weight excluding hydrogens is 192 g/mol. The number of carbonyl (C=O) groups excluding carboxylic acids is 1. The quantitative estimate of drug-likeness (QED) is 0.564. The van der Waals surface area contributed by atoms with Crippen LogP contribution in [0.3, 0.4) is 0 Å². The molecule has 15 heavy (non-hydrogen) atoms. The van der Waals surface area contributed by atoms with E-state index >= 15 is 0 Å². The first kappa shape index (κ1) is 14.2. The van der Waals surface area contributed by atoms with Crippen molar-refractivity contribution in [1.82, 2.24) is 0 Å². The molecule has 0 heterocycles. The van der Waals surface area contributed by atoms with Crippen LogP contribution in [0.25, 0.3) is 0 Å². The average molecular weight is 214 g/mol. The normalized spacial score (nSPS) is 13.2. The molecule has 0 aromatic rings. The lowest BCUT2D eigenvalue weighted by Gasteiger charge is -2.26. The number of carbonyl (C=O) groups is 1. The monoisotopic (exact) mass is 214 g/mol. The van der Waals surface area contributed by atoms with Gasteiger partial charge >= 0.3 is 5.97 Å². The van der Waals surface area contributed by atoms with Crippen molar-refractivity contribution in [3.63, 3.8) is 0 Å². The summed E-state index contributed by atoms with van der Waals surface area (Å²) in [5.41, 5.74) is 0.0895. The summed E-state index contributed by atoms with van der Waals surface area (Å²) in [5.74, 6) is -0.824. The largest absolute Gasteiger partial charge is 0.466 e. The number of allylic oxidation sites excluding steroid dienone is 2. The van der Waals surface area contributed by atoms with Crippen molar-refractivity contribution < 1.29 is 14.6 Å². The molecule has 0 aromatic carbocycles. The molecule has 0 amide bonds. The molecule has 0 aromatic heterocycles. The van der Waals surface area contributed by atoms with Crippen LogP contribution in [0.2, 0.25) is 0 Å². The Bertz CT molecular complexity index is 232. The van der Waals surface area contributed by atoms with Gasteiger partial charge in [0, 0.05) is 0 Å². The predicted octanol–water partition coefficient (Wildman–Crippen LogP) is 2.29. The fourth-order valence-corrected chi connectivity index (χ4v) is 1.27. The second-order valence-corrected chi connectivity index (χ2v) is 4.48. The number of hydrogen-bond acceptors (Lipinski definition) is 3. The van der Waals surface area contributed by atoms with Crippen LogP contribution in [0, 0.1) is 5.92 Å². The van der Waals surface area contributed by atoms with Crippen LogP contribution >= 0.6 is 0 Å². The molecule has 1 atom stereocenters. The molecular formula is C12H22O3. The van der Waals surface area contributed by atoms with Gasteiger partial charge in [0.15, 0.2) is 0 Å². The average Bonchev–Trinajstić information content (AvgIpc) is 2.01. The molecule has 88 valence electrons. The van der Waals surface area contributed by atoms with Crippen molar-refractivity contribution in [3.8, 4) is 0 Å². The lowest BCUT2D eigenvalue weighted by molar-refractivity contribution is -0.156. The number of rotatable bonds is 5. The van der Waals surface area contributed by atoms with Crippen LogP contribution < -0.4 is 0 Å². The summed E-state index contributed by atoms with van der Waals surface area (Å²) in [6.07, 6.45) is 2.46. The highest BCUT2D eigenvalue weighted by molar-refractivity contribution is 5.74. The standard InChI is InChI=1S/C12H22O3/c1-6-15-11(13)10(12(4,5)14)8-7-9(2)3/h7,10,14H,6,8H2,1-5H3. The molecule has 0 bridgehead atoms. The Balaban J connectivity index is 4.60. The lowest BCUT2D eigenvalue weighted by Crippen LogP contribution is -2.37. The van der Waals surface area contributed by atoms with Gasteiger partial charge in [-0.2, -0.15) is 0 Å². The minimum Gasteiger partial charge on any atom is -0.466 e. The van der Waals surface area contributed by atoms with Gasteiger partial charge in [-0.05, 0) is 41.0 Å². The Hall–Kier alpha value is -0.830. The van der Waals surface area contributed by atoms with E-state index in [0.29, 0.717) is 13.0 Å². The van der Waals surface area contributed by atoms with Crippen molar-refractivity contribution in [3.05, 3.63) is 11.6 Å². The van der Waals surface area contributed by atoms with E-state index in [9.17, 15) is 9.90 Å². The van der Waals surface area contributed by atoms with Gasteiger partial charge in [0.25, 0.3) is 0 Å². The molecule has 1 N–H and O–H groups in total. The molecule has 0 aliphatic carbocycles. The maximum atomic E-state index is 11.6. The molecule has 3 nitrogen and oxygen atoms in total. The predicted molar refractivity (Wildman–Crippen MR) is 60.5 cm³/mol. The van der Waals surface area contributed by atoms with Gasteiger partial charge in [-0.1, -0.05) is 11.6 Å². The van der Waals surface area contributed by atoms with Crippen LogP contribution in [0.5, 0.6) is 0 Å². The Morgan fingerprint density at radius 3 is 2.33 bits per heavy atom. The van der Waals surface area contributed by atoms with Crippen LogP contribution in [0.1, 0.15) is 41.0 Å². The third-order valence-electron chi connectivity index (χ3n) is 2.19. The van der Waals surface area contributed by atoms with Crippen molar-refractivity contribution in [2.75, 3.05) is 6.61 Å². The summed E-state index contributed by atoms with van der Waals surface area (Å²) in [4.78, 5) is 11.6. The first-order valence-electron chi connectivity index (χ1n) is 5.31. The van der Waals surface area contributed by atoms with Crippen LogP contribution in [-0.2, 0) is 9.53 Å². The minimum absolute atomic E-state index is 0.331. The van der Waals surface area contributed by atoms with Crippen LogP contribution in [-0.4, -0.2) is 23.3 Å². The van der Waals surface area contributed by atoms with E-state index in [1.54, 1.807) is 20.8 Å². The fourth-order valence-electron chi connectivity index (χ4n) is 1.27. The van der Waals surface area contributed by atoms with E-state index < -0.39 is 11.5 Å². The molecule has 0 fully saturated rings. The van der Waals surface area contributed by atoms with E-state index in [1.807, 2.05) is 19.9 Å². The zero-order valence-corrected chi connectivity index (χ0v) is 10.3. The highest BCUT2D eigenvalue weighted by atomic mass is 16.5. The minimum atomic E-state index is -1.04. The molecule has 0 spiro atoms. The van der Waals surface area contributed by atoms with Crippen molar-refractivity contribution in [2.45, 2.75) is 46.6 Å². The summed E-state index contributed by atoms with van der Waals surface area (Å²) in [5, 5.41) is 9.86. The highest BCUT2D eigenvalue weighted by Crippen LogP contribution is 2.22. The van der Waals surface area contributed by atoms with Gasteiger partial charge in [0.05, 0.1) is 18.1 Å². The third-order valence-corrected chi connectivity index (χ3v) is 2.19. The van der Waals surface area contributed by atoms with E-state index in [1.165, 1.54) is 0 Å². The van der Waals surface area contributed by atoms with Gasteiger partial charge in [-0.3, -0.25) is 4.79 Å². The number of aliphatic hydroxyl groups is 1. The smallest absolute Gasteiger partial charge is 0.312 e. The van der Waals surface area contributed by atoms with Crippen molar-refractivity contribution >= 4 is 5.97 Å². The van der Waals surface area contributed by atoms with Gasteiger partial charge in [0.1, 0.15) is 0 Å². The first-order valence-corrected chi connectivity index (χ1v) is 5.31. The second-order valence-electron chi connectivity index (χ2n) is 4.48. The maximum Gasteiger partial charge on any atom is 0.312 e. The van der Waals surface area contributed by atoms with Crippen molar-refractivity contribution in [2.24, 2.45) is 5.92 Å². The summed E-state index contributed by atoms with van der Waals surface area (Å²) in [7, 11) is 0. The zero-order chi connectivity index (χ0) is 12.1. The molecule has 0 rings (SSSR count). The molecule has 0 saturated heterocycles. The summed E-state index contributed by atoms with van der Waals surface area (Å²) in [6.45, 7) is 9.31. The fraction of sp³-hybridized carbons (Fsp3) is 0.750. The topological polar surface area (TPSA) is 46.5 Å². The maximum absolute atomic E-state index is 11.6. The highest BCUT2D eigenvalue weighted by Gasteiger charge is 2.33. The number of ether oxygens (including phenoxy) is 1. The Morgan fingerprint density at radius 1 is 1.47 bits per heavy atom. The second kappa shape index (κ2) is 5.91. The first-order chi connectivity index (χ1) is 6.79. The van der Waals surface area contributed by atoms with Crippen LogP contribution in [0.4, 0.5) is 0 Å². The number of hydrogen-bond donors (Lipinski definition) is 1. The van der Waals surface area contributed by atoms with Crippen LogP contribution in [0.15, 0.2) is 11.6 Å². The Morgan fingerprint density at radius 2 is 2.00 bits per heavy atom. The number of esters is 1. The Kier molecular flexibility index (Phi) is 5.58. The summed E-state index contributed by atoms with van der Waals surface area (Å²) in [6, 6.07) is 0. The SMILES string of the molecule is CCOC(=O)C(CC=C(C)C)C(C)(C)O. The van der Waals surface area contributed by atoms with Crippen molar-refractivity contribution in [1.29, 1.82) is 0 Å². The summed E-state index contributed by atoms with van der Waals surface area (Å²) < 4.78 is 4.93. The lowest BCUT2D eigenvalue weighted by atomic mass is 9.87. The zero-order valence-electron chi connectivity index (χ0n) is 10.3. The molecule has 0 aliphatic heterocycles. The van der Waals surface area contributed by atoms with E-state index in [4.69, 9.17) is 4.74 Å². The molecule has 0 radical (unpaired) electrons. The van der Waals surface area contributed by atoms with Gasteiger partial charge in [-0.25, -0.2) is 0 Å². The van der Waals surface area contributed by atoms with E-state index in [2.05, 4.69) is 0 Å². The molecule has 0 saturated carbocycles. The third kappa shape index (κ3) is 5.57. The van der Waals surface area contributed by atoms with Gasteiger partial charge < -0.3 is 9.84 Å². The molecule has 3 heteroatoms. The van der Waals surface area contributed by atoms with E-state index in [0.717, 1.165) is 5.57 Å². The van der Waals surface area contributed by atoms with Gasteiger partial charge in [-0.15, -0.1) is 0 Å². The molecule has 1 unspecified atom stereocenters.